The van der Waals surface area contributed by atoms with Crippen molar-refractivity contribution in [2.45, 2.75) is 6.54 Å². The summed E-state index contributed by atoms with van der Waals surface area (Å²) in [6.07, 6.45) is 1.69. The molecule has 100 valence electrons. The van der Waals surface area contributed by atoms with Crippen molar-refractivity contribution in [1.29, 1.82) is 0 Å². The molecule has 0 saturated carbocycles. The number of carbonyl (C=O) groups excluding carboxylic acids is 2. The van der Waals surface area contributed by atoms with Gasteiger partial charge in [-0.1, -0.05) is 18.2 Å². The van der Waals surface area contributed by atoms with Crippen LogP contribution >= 0.6 is 0 Å². The number of fused-ring (bicyclic) bond motifs is 1. The first kappa shape index (κ1) is 12.3. The largest absolute Gasteiger partial charge is 0.343 e. The zero-order valence-electron chi connectivity index (χ0n) is 10.7. The molecule has 1 aliphatic heterocycles. The van der Waals surface area contributed by atoms with Gasteiger partial charge in [0.2, 0.25) is 5.91 Å². The molecule has 0 saturated heterocycles. The first-order chi connectivity index (χ1) is 9.75. The lowest BCUT2D eigenvalue weighted by Crippen LogP contribution is -2.36. The van der Waals surface area contributed by atoms with Crippen molar-refractivity contribution in [2.24, 2.45) is 0 Å². The summed E-state index contributed by atoms with van der Waals surface area (Å²) in [5.74, 6) is -0.369. The van der Waals surface area contributed by atoms with Gasteiger partial charge in [-0.15, -0.1) is 0 Å². The monoisotopic (exact) mass is 267 g/mol. The summed E-state index contributed by atoms with van der Waals surface area (Å²) in [4.78, 5) is 30.0. The van der Waals surface area contributed by atoms with E-state index >= 15 is 0 Å². The summed E-state index contributed by atoms with van der Waals surface area (Å²) in [7, 11) is 0. The molecule has 0 spiro atoms. The van der Waals surface area contributed by atoms with Crippen molar-refractivity contribution < 1.29 is 9.59 Å². The molecule has 0 atom stereocenters. The number of benzene rings is 1. The van der Waals surface area contributed by atoms with Crippen LogP contribution in [0.15, 0.2) is 48.7 Å². The summed E-state index contributed by atoms with van der Waals surface area (Å²) in [5.41, 5.74) is 1.91. The van der Waals surface area contributed by atoms with E-state index in [2.05, 4.69) is 10.3 Å². The highest BCUT2D eigenvalue weighted by Crippen LogP contribution is 2.24. The lowest BCUT2D eigenvalue weighted by molar-refractivity contribution is -0.117. The van der Waals surface area contributed by atoms with Gasteiger partial charge < -0.3 is 10.2 Å². The molecular formula is C15H13N3O2. The predicted molar refractivity (Wildman–Crippen MR) is 74.2 cm³/mol. The van der Waals surface area contributed by atoms with Crippen molar-refractivity contribution in [3.05, 3.63) is 59.9 Å². The van der Waals surface area contributed by atoms with E-state index in [9.17, 15) is 9.59 Å². The van der Waals surface area contributed by atoms with Gasteiger partial charge in [0, 0.05) is 6.20 Å². The van der Waals surface area contributed by atoms with Gasteiger partial charge in [-0.2, -0.15) is 0 Å². The molecule has 5 nitrogen and oxygen atoms in total. The Morgan fingerprint density at radius 2 is 1.90 bits per heavy atom. The molecule has 0 unspecified atom stereocenters. The lowest BCUT2D eigenvalue weighted by Gasteiger charge is -2.21. The van der Waals surface area contributed by atoms with E-state index in [1.54, 1.807) is 29.3 Å². The molecule has 2 heterocycles. The van der Waals surface area contributed by atoms with Gasteiger partial charge in [0.15, 0.2) is 0 Å². The number of hydrogen-bond donors (Lipinski definition) is 1. The quantitative estimate of drug-likeness (QED) is 0.893. The second-order valence-corrected chi connectivity index (χ2v) is 4.50. The Balaban J connectivity index is 2.01. The van der Waals surface area contributed by atoms with Crippen LogP contribution in [0, 0.1) is 0 Å². The van der Waals surface area contributed by atoms with Crippen molar-refractivity contribution in [3.8, 4) is 0 Å². The summed E-state index contributed by atoms with van der Waals surface area (Å²) >= 11 is 0. The number of nitrogens with zero attached hydrogens (tertiary/aromatic N) is 2. The van der Waals surface area contributed by atoms with Gasteiger partial charge in [-0.3, -0.25) is 14.6 Å². The fourth-order valence-electron chi connectivity index (χ4n) is 2.21. The fourth-order valence-corrected chi connectivity index (χ4v) is 2.21. The molecule has 1 N–H and O–H groups in total. The Morgan fingerprint density at radius 1 is 1.10 bits per heavy atom. The molecule has 0 aliphatic carbocycles. The summed E-state index contributed by atoms with van der Waals surface area (Å²) in [6, 6.07) is 12.7. The number of rotatable bonds is 2. The van der Waals surface area contributed by atoms with Gasteiger partial charge >= 0.3 is 0 Å². The van der Waals surface area contributed by atoms with E-state index < -0.39 is 0 Å². The van der Waals surface area contributed by atoms with Crippen LogP contribution in [0.4, 0.5) is 5.69 Å². The zero-order valence-corrected chi connectivity index (χ0v) is 10.7. The third-order valence-electron chi connectivity index (χ3n) is 3.19. The summed E-state index contributed by atoms with van der Waals surface area (Å²) in [5, 5.41) is 2.62. The zero-order chi connectivity index (χ0) is 13.9. The van der Waals surface area contributed by atoms with Crippen molar-refractivity contribution in [2.75, 3.05) is 11.4 Å². The Kier molecular flexibility index (Phi) is 3.16. The van der Waals surface area contributed by atoms with Gasteiger partial charge in [-0.25, -0.2) is 0 Å². The second kappa shape index (κ2) is 5.13. The van der Waals surface area contributed by atoms with Crippen molar-refractivity contribution in [1.82, 2.24) is 10.3 Å². The molecule has 0 radical (unpaired) electrons. The number of anilines is 1. The Morgan fingerprint density at radius 3 is 2.70 bits per heavy atom. The Hall–Kier alpha value is -2.69. The Bertz CT molecular complexity index is 655. The normalized spacial score (nSPS) is 14.5. The minimum absolute atomic E-state index is 0.000344. The van der Waals surface area contributed by atoms with E-state index in [0.29, 0.717) is 17.8 Å². The third kappa shape index (κ3) is 2.25. The molecule has 0 bridgehead atoms. The number of para-hydroxylation sites is 1. The maximum atomic E-state index is 12.2. The lowest BCUT2D eigenvalue weighted by atomic mass is 10.1. The van der Waals surface area contributed by atoms with Crippen molar-refractivity contribution in [3.63, 3.8) is 0 Å². The summed E-state index contributed by atoms with van der Waals surface area (Å²) in [6.45, 7) is 0.353. The first-order valence-corrected chi connectivity index (χ1v) is 6.33. The van der Waals surface area contributed by atoms with Crippen molar-refractivity contribution >= 4 is 17.5 Å². The highest BCUT2D eigenvalue weighted by Gasteiger charge is 2.26. The molecule has 3 rings (SSSR count). The van der Waals surface area contributed by atoms with Crippen LogP contribution < -0.4 is 10.2 Å². The molecule has 20 heavy (non-hydrogen) atoms. The number of hydrogen-bond acceptors (Lipinski definition) is 3. The van der Waals surface area contributed by atoms with Gasteiger partial charge in [0.25, 0.3) is 5.91 Å². The molecule has 5 heteroatoms. The van der Waals surface area contributed by atoms with Gasteiger partial charge in [0.05, 0.1) is 30.0 Å². The smallest absolute Gasteiger partial charge is 0.253 e. The van der Waals surface area contributed by atoms with E-state index in [4.69, 9.17) is 0 Å². The van der Waals surface area contributed by atoms with Gasteiger partial charge in [0.1, 0.15) is 0 Å². The molecule has 1 aromatic carbocycles. The average Bonchev–Trinajstić information content (AvgIpc) is 2.61. The number of carbonyl (C=O) groups is 2. The number of pyridine rings is 1. The number of aromatic nitrogens is 1. The van der Waals surface area contributed by atoms with E-state index in [0.717, 1.165) is 5.69 Å². The summed E-state index contributed by atoms with van der Waals surface area (Å²) < 4.78 is 0. The van der Waals surface area contributed by atoms with Crippen LogP contribution in [0.2, 0.25) is 0 Å². The number of nitrogens with one attached hydrogen (secondary N) is 1. The molecular weight excluding hydrogens is 254 g/mol. The highest BCUT2D eigenvalue weighted by molar-refractivity contribution is 6.09. The number of amides is 2. The van der Waals surface area contributed by atoms with E-state index in [1.165, 1.54) is 0 Å². The molecule has 0 fully saturated rings. The minimum atomic E-state index is -0.225. The Labute approximate surface area is 116 Å². The van der Waals surface area contributed by atoms with Crippen LogP contribution in [0.3, 0.4) is 0 Å². The van der Waals surface area contributed by atoms with Crippen LogP contribution in [0.1, 0.15) is 16.1 Å². The second-order valence-electron chi connectivity index (χ2n) is 4.50. The first-order valence-electron chi connectivity index (χ1n) is 6.33. The topological polar surface area (TPSA) is 62.3 Å². The SMILES string of the molecule is O=C1NCC(=O)N(Cc2ccccn2)c2ccccc21. The van der Waals surface area contributed by atoms with Crippen LogP contribution in [-0.2, 0) is 11.3 Å². The predicted octanol–water partition coefficient (Wildman–Crippen LogP) is 1.36. The maximum absolute atomic E-state index is 12.2. The van der Waals surface area contributed by atoms with E-state index in [1.807, 2.05) is 24.3 Å². The third-order valence-corrected chi connectivity index (χ3v) is 3.19. The van der Waals surface area contributed by atoms with Gasteiger partial charge in [-0.05, 0) is 24.3 Å². The average molecular weight is 267 g/mol. The fraction of sp³-hybridized carbons (Fsp3) is 0.133. The van der Waals surface area contributed by atoms with E-state index in [-0.39, 0.29) is 18.4 Å². The standard InChI is InChI=1S/C15H13N3O2/c19-14-9-17-15(20)12-6-1-2-7-13(12)18(14)10-11-5-3-4-8-16-11/h1-8H,9-10H2,(H,17,20). The maximum Gasteiger partial charge on any atom is 0.253 e. The molecule has 1 aromatic heterocycles. The molecule has 1 aliphatic rings. The molecule has 2 aromatic rings. The van der Waals surface area contributed by atoms with Crippen LogP contribution in [0.25, 0.3) is 0 Å². The van der Waals surface area contributed by atoms with Crippen LogP contribution in [-0.4, -0.2) is 23.3 Å². The highest BCUT2D eigenvalue weighted by atomic mass is 16.2. The molecule has 2 amide bonds. The van der Waals surface area contributed by atoms with Crippen LogP contribution in [0.5, 0.6) is 0 Å². The minimum Gasteiger partial charge on any atom is -0.343 e.